The van der Waals surface area contributed by atoms with Gasteiger partial charge in [0.05, 0.1) is 36.6 Å². The maximum atomic E-state index is 14.2. The highest BCUT2D eigenvalue weighted by Crippen LogP contribution is 2.78. The number of aliphatic hydroxyl groups excluding tert-OH is 2. The second-order valence-electron chi connectivity index (χ2n) is 12.3. The molecule has 190 valence electrons. The zero-order chi connectivity index (χ0) is 25.3. The van der Waals surface area contributed by atoms with Crippen molar-refractivity contribution in [3.63, 3.8) is 0 Å². The third kappa shape index (κ3) is 2.42. The second-order valence-corrected chi connectivity index (χ2v) is 12.3. The van der Waals surface area contributed by atoms with Crippen molar-refractivity contribution in [1.29, 1.82) is 0 Å². The van der Waals surface area contributed by atoms with Crippen LogP contribution in [-0.2, 0) is 28.6 Å². The van der Waals surface area contributed by atoms with Crippen LogP contribution in [0.25, 0.3) is 0 Å². The van der Waals surface area contributed by atoms with Crippen LogP contribution in [0.4, 0.5) is 0 Å². The average molecular weight is 489 g/mol. The first kappa shape index (κ1) is 23.2. The molecular weight excluding hydrogens is 456 g/mol. The largest absolute Gasteiger partial charge is 0.472 e. The third-order valence-corrected chi connectivity index (χ3v) is 10.4. The second kappa shape index (κ2) is 6.55. The third-order valence-electron chi connectivity index (χ3n) is 10.4. The fraction of sp³-hybridized carbons (Fsp3) is 0.731. The zero-order valence-corrected chi connectivity index (χ0v) is 20.6. The molecule has 1 aromatic heterocycles. The van der Waals surface area contributed by atoms with Gasteiger partial charge in [0.15, 0.2) is 6.10 Å². The number of furan rings is 1. The lowest BCUT2D eigenvalue weighted by Gasteiger charge is -2.67. The summed E-state index contributed by atoms with van der Waals surface area (Å²) in [4.78, 5) is 39.9. The van der Waals surface area contributed by atoms with Crippen LogP contribution in [0.1, 0.15) is 65.5 Å². The van der Waals surface area contributed by atoms with Crippen molar-refractivity contribution in [2.75, 3.05) is 0 Å². The Hall–Kier alpha value is -2.23. The molecule has 2 aliphatic carbocycles. The first-order valence-corrected chi connectivity index (χ1v) is 12.3. The molecule has 9 heteroatoms. The fourth-order valence-electron chi connectivity index (χ4n) is 9.05. The van der Waals surface area contributed by atoms with Crippen LogP contribution >= 0.6 is 0 Å². The van der Waals surface area contributed by atoms with E-state index in [9.17, 15) is 24.6 Å². The van der Waals surface area contributed by atoms with E-state index in [2.05, 4.69) is 0 Å². The van der Waals surface area contributed by atoms with E-state index >= 15 is 0 Å². The Balaban J connectivity index is 1.56. The quantitative estimate of drug-likeness (QED) is 0.450. The van der Waals surface area contributed by atoms with Crippen molar-refractivity contribution < 1.29 is 43.2 Å². The Labute approximate surface area is 203 Å². The summed E-state index contributed by atoms with van der Waals surface area (Å²) >= 11 is 0. The average Bonchev–Trinajstić information content (AvgIpc) is 3.34. The summed E-state index contributed by atoms with van der Waals surface area (Å²) < 4.78 is 23.0. The number of fused-ring (bicyclic) bond motifs is 3. The number of esters is 2. The number of aliphatic hydroxyl groups is 2. The van der Waals surface area contributed by atoms with E-state index in [-0.39, 0.29) is 25.0 Å². The molecular formula is C26H32O9. The van der Waals surface area contributed by atoms with E-state index in [4.69, 9.17) is 18.6 Å². The van der Waals surface area contributed by atoms with Gasteiger partial charge in [-0.2, -0.15) is 0 Å². The van der Waals surface area contributed by atoms with Gasteiger partial charge in [0.1, 0.15) is 23.1 Å². The van der Waals surface area contributed by atoms with Crippen molar-refractivity contribution in [3.8, 4) is 0 Å². The van der Waals surface area contributed by atoms with Crippen molar-refractivity contribution in [2.24, 2.45) is 28.1 Å². The first-order valence-electron chi connectivity index (χ1n) is 12.3. The number of ether oxygens (including phenoxy) is 3. The Morgan fingerprint density at radius 1 is 1.00 bits per heavy atom. The highest BCUT2D eigenvalue weighted by atomic mass is 16.7. The van der Waals surface area contributed by atoms with Crippen LogP contribution in [0.3, 0.4) is 0 Å². The highest BCUT2D eigenvalue weighted by molar-refractivity contribution is 5.93. The van der Waals surface area contributed by atoms with E-state index in [0.717, 1.165) is 0 Å². The lowest BCUT2D eigenvalue weighted by atomic mass is 9.36. The minimum atomic E-state index is -1.32. The molecule has 0 aromatic carbocycles. The summed E-state index contributed by atoms with van der Waals surface area (Å²) in [6.07, 6.45) is -0.973. The maximum Gasteiger partial charge on any atom is 0.339 e. The number of carbonyl (C=O) groups is 3. The SMILES string of the molecule is CC1(C)OC(=O)C[C@@H](O)[C@]2(C)[C@@H]1CC(=O)[C@@]1(C)[C@H]2[C@@H](O)C[C@@]2(C)[C@@H](c3ccoc3)OC(=O)[C@@H]3O[C@]321. The molecule has 3 aliphatic heterocycles. The Morgan fingerprint density at radius 2 is 1.71 bits per heavy atom. The number of hydrogen-bond donors (Lipinski definition) is 2. The van der Waals surface area contributed by atoms with Gasteiger partial charge in [-0.15, -0.1) is 0 Å². The van der Waals surface area contributed by atoms with Gasteiger partial charge in [-0.1, -0.05) is 13.8 Å². The van der Waals surface area contributed by atoms with Crippen LogP contribution in [0.15, 0.2) is 23.0 Å². The van der Waals surface area contributed by atoms with Crippen LogP contribution in [0, 0.1) is 28.1 Å². The van der Waals surface area contributed by atoms with Crippen molar-refractivity contribution in [2.45, 2.75) is 89.5 Å². The van der Waals surface area contributed by atoms with Gasteiger partial charge in [-0.05, 0) is 33.3 Å². The van der Waals surface area contributed by atoms with E-state index in [1.54, 1.807) is 26.8 Å². The van der Waals surface area contributed by atoms with Crippen molar-refractivity contribution in [1.82, 2.24) is 0 Å². The summed E-state index contributed by atoms with van der Waals surface area (Å²) in [5.74, 6) is -2.57. The molecule has 4 heterocycles. The molecule has 0 amide bonds. The van der Waals surface area contributed by atoms with Crippen LogP contribution in [0.2, 0.25) is 0 Å². The molecule has 10 atom stereocenters. The monoisotopic (exact) mass is 488 g/mol. The van der Waals surface area contributed by atoms with Gasteiger partial charge in [0.2, 0.25) is 0 Å². The predicted octanol–water partition coefficient (Wildman–Crippen LogP) is 2.09. The van der Waals surface area contributed by atoms with Crippen LogP contribution in [-0.4, -0.2) is 57.4 Å². The lowest BCUT2D eigenvalue weighted by molar-refractivity contribution is -0.257. The Kier molecular flexibility index (Phi) is 4.34. The topological polar surface area (TPSA) is 136 Å². The number of ketones is 1. The maximum absolute atomic E-state index is 14.2. The molecule has 5 aliphatic rings. The number of Topliss-reactive ketones (excluding diaryl/α,β-unsaturated/α-hetero) is 1. The van der Waals surface area contributed by atoms with E-state index in [0.29, 0.717) is 5.56 Å². The number of carbonyl (C=O) groups excluding carboxylic acids is 3. The van der Waals surface area contributed by atoms with Crippen LogP contribution < -0.4 is 0 Å². The van der Waals surface area contributed by atoms with Crippen molar-refractivity contribution >= 4 is 17.7 Å². The number of cyclic esters (lactones) is 2. The fourth-order valence-corrected chi connectivity index (χ4v) is 9.05. The van der Waals surface area contributed by atoms with Gasteiger partial charge in [-0.25, -0.2) is 4.79 Å². The molecule has 2 saturated carbocycles. The summed E-state index contributed by atoms with van der Waals surface area (Å²) in [5.41, 5.74) is -4.94. The molecule has 35 heavy (non-hydrogen) atoms. The molecule has 9 nitrogen and oxygen atoms in total. The Bertz CT molecular complexity index is 1130. The predicted molar refractivity (Wildman–Crippen MR) is 117 cm³/mol. The van der Waals surface area contributed by atoms with E-state index in [1.807, 2.05) is 13.8 Å². The summed E-state index contributed by atoms with van der Waals surface area (Å²) in [6, 6.07) is 1.71. The minimum Gasteiger partial charge on any atom is -0.472 e. The van der Waals surface area contributed by atoms with E-state index < -0.39 is 75.6 Å². The van der Waals surface area contributed by atoms with E-state index in [1.165, 1.54) is 12.5 Å². The molecule has 0 bridgehead atoms. The van der Waals surface area contributed by atoms with Gasteiger partial charge < -0.3 is 28.8 Å². The van der Waals surface area contributed by atoms with Gasteiger partial charge in [-0.3, -0.25) is 9.59 Å². The molecule has 3 saturated heterocycles. The molecule has 6 rings (SSSR count). The number of epoxide rings is 1. The smallest absolute Gasteiger partial charge is 0.339 e. The van der Waals surface area contributed by atoms with Crippen molar-refractivity contribution in [3.05, 3.63) is 24.2 Å². The normalized spacial score (nSPS) is 52.1. The standard InChI is InChI=1S/C26H32O9/c1-22(2)14-8-16(29)25(5)18(24(14,4)15(28)9-17(30)34-22)13(27)10-23(3)19(12-6-7-32-11-12)33-21(31)20-26(23,25)35-20/h6-7,11,13-15,18-20,27-28H,8-10H2,1-5H3/t13-,14+,15+,18-,19+,20-,23-,24-,25-,26+/m0/s1. The molecule has 0 unspecified atom stereocenters. The number of hydrogen-bond acceptors (Lipinski definition) is 9. The van der Waals surface area contributed by atoms with Gasteiger partial charge in [0, 0.05) is 34.7 Å². The molecule has 1 spiro atoms. The molecule has 0 radical (unpaired) electrons. The van der Waals surface area contributed by atoms with Gasteiger partial charge in [0.25, 0.3) is 0 Å². The molecule has 2 N–H and O–H groups in total. The minimum absolute atomic E-state index is 0.0207. The summed E-state index contributed by atoms with van der Waals surface area (Å²) in [5, 5.41) is 23.3. The summed E-state index contributed by atoms with van der Waals surface area (Å²) in [6.45, 7) is 9.01. The Morgan fingerprint density at radius 3 is 2.37 bits per heavy atom. The number of rotatable bonds is 1. The highest BCUT2D eigenvalue weighted by Gasteiger charge is 2.90. The zero-order valence-electron chi connectivity index (χ0n) is 20.6. The van der Waals surface area contributed by atoms with Crippen LogP contribution in [0.5, 0.6) is 0 Å². The molecule has 1 aromatic rings. The van der Waals surface area contributed by atoms with Gasteiger partial charge >= 0.3 is 11.9 Å². The lowest BCUT2D eigenvalue weighted by Crippen LogP contribution is -2.75. The first-order chi connectivity index (χ1) is 16.2. The molecule has 5 fully saturated rings. The summed E-state index contributed by atoms with van der Waals surface area (Å²) in [7, 11) is 0.